The molecule has 0 unspecified atom stereocenters. The van der Waals surface area contributed by atoms with Crippen molar-refractivity contribution in [1.82, 2.24) is 9.62 Å². The molecule has 4 rings (SSSR count). The van der Waals surface area contributed by atoms with E-state index >= 15 is 0 Å². The molecular weight excluding hydrogens is 419 g/mol. The summed E-state index contributed by atoms with van der Waals surface area (Å²) < 4.78 is 39.5. The first-order valence-corrected chi connectivity index (χ1v) is 12.8. The SMILES string of the molecule is CS(=O)(=O)N1CCN(c2ccc(C[C@@H](C#N)CC(=O)[C@H]3N[C@@H]4CC[C@H]3C4)c(F)c2)CC1. The molecule has 168 valence electrons. The third kappa shape index (κ3) is 4.92. The number of fused-ring (bicyclic) bond motifs is 2. The van der Waals surface area contributed by atoms with Gasteiger partial charge in [-0.15, -0.1) is 0 Å². The van der Waals surface area contributed by atoms with Crippen LogP contribution in [0.3, 0.4) is 0 Å². The van der Waals surface area contributed by atoms with E-state index in [1.54, 1.807) is 6.07 Å². The number of nitrogens with one attached hydrogen (secondary N) is 1. The Morgan fingerprint density at radius 3 is 2.58 bits per heavy atom. The molecule has 7 nitrogen and oxygen atoms in total. The Balaban J connectivity index is 1.35. The summed E-state index contributed by atoms with van der Waals surface area (Å²) in [6.07, 6.45) is 4.78. The first-order valence-electron chi connectivity index (χ1n) is 10.9. The zero-order chi connectivity index (χ0) is 22.2. The Bertz CT molecular complexity index is 985. The average Bonchev–Trinajstić information content (AvgIpc) is 3.37. The highest BCUT2D eigenvalue weighted by molar-refractivity contribution is 7.88. The molecule has 0 amide bonds. The monoisotopic (exact) mass is 448 g/mol. The van der Waals surface area contributed by atoms with E-state index in [9.17, 15) is 22.9 Å². The molecule has 1 aromatic carbocycles. The molecule has 2 aliphatic heterocycles. The molecule has 9 heteroatoms. The number of piperidine rings is 1. The zero-order valence-electron chi connectivity index (χ0n) is 17.8. The third-order valence-corrected chi connectivity index (χ3v) is 8.22. The molecule has 0 radical (unpaired) electrons. The molecule has 1 aromatic rings. The van der Waals surface area contributed by atoms with Gasteiger partial charge in [0.15, 0.2) is 5.78 Å². The second-order valence-corrected chi connectivity index (χ2v) is 11.0. The molecule has 1 saturated carbocycles. The van der Waals surface area contributed by atoms with Crippen LogP contribution in [0.15, 0.2) is 18.2 Å². The summed E-state index contributed by atoms with van der Waals surface area (Å²) in [5, 5.41) is 12.9. The van der Waals surface area contributed by atoms with Crippen molar-refractivity contribution in [2.45, 2.75) is 44.2 Å². The van der Waals surface area contributed by atoms with E-state index in [0.717, 1.165) is 19.3 Å². The molecular formula is C22H29FN4O3S. The van der Waals surface area contributed by atoms with Crippen molar-refractivity contribution < 1.29 is 17.6 Å². The summed E-state index contributed by atoms with van der Waals surface area (Å²) in [5.74, 6) is -0.489. The highest BCUT2D eigenvalue weighted by Gasteiger charge is 2.42. The number of nitrogens with zero attached hydrogens (tertiary/aromatic N) is 3. The first kappa shape index (κ1) is 22.2. The lowest BCUT2D eigenvalue weighted by Crippen LogP contribution is -2.48. The van der Waals surface area contributed by atoms with Gasteiger partial charge in [-0.3, -0.25) is 4.79 Å². The van der Waals surface area contributed by atoms with Crippen molar-refractivity contribution in [1.29, 1.82) is 5.26 Å². The van der Waals surface area contributed by atoms with Crippen molar-refractivity contribution in [3.63, 3.8) is 0 Å². The molecule has 2 bridgehead atoms. The fraction of sp³-hybridized carbons (Fsp3) is 0.636. The van der Waals surface area contributed by atoms with E-state index < -0.39 is 21.8 Å². The minimum atomic E-state index is -3.21. The topological polar surface area (TPSA) is 93.5 Å². The van der Waals surface area contributed by atoms with Crippen LogP contribution in [0.5, 0.6) is 0 Å². The van der Waals surface area contributed by atoms with Gasteiger partial charge < -0.3 is 10.2 Å². The number of nitriles is 1. The minimum absolute atomic E-state index is 0.0690. The molecule has 2 heterocycles. The Morgan fingerprint density at radius 2 is 2.03 bits per heavy atom. The molecule has 3 fully saturated rings. The van der Waals surface area contributed by atoms with Crippen LogP contribution >= 0.6 is 0 Å². The summed E-state index contributed by atoms with van der Waals surface area (Å²) >= 11 is 0. The van der Waals surface area contributed by atoms with E-state index in [1.807, 2.05) is 11.0 Å². The molecule has 31 heavy (non-hydrogen) atoms. The van der Waals surface area contributed by atoms with Crippen LogP contribution in [0.1, 0.15) is 31.2 Å². The summed E-state index contributed by atoms with van der Waals surface area (Å²) in [6, 6.07) is 7.40. The molecule has 1 aliphatic carbocycles. The molecule has 2 saturated heterocycles. The number of carbonyl (C=O) groups is 1. The fourth-order valence-corrected chi connectivity index (χ4v) is 6.02. The summed E-state index contributed by atoms with van der Waals surface area (Å²) in [6.45, 7) is 1.74. The van der Waals surface area contributed by atoms with Crippen LogP contribution in [0.25, 0.3) is 0 Å². The van der Waals surface area contributed by atoms with Crippen LogP contribution < -0.4 is 10.2 Å². The number of sulfonamides is 1. The van der Waals surface area contributed by atoms with E-state index in [-0.39, 0.29) is 24.7 Å². The normalized spacial score (nSPS) is 27.3. The lowest BCUT2D eigenvalue weighted by molar-refractivity contribution is -0.122. The summed E-state index contributed by atoms with van der Waals surface area (Å²) in [5.41, 5.74) is 1.13. The Morgan fingerprint density at radius 1 is 1.29 bits per heavy atom. The Kier molecular flexibility index (Phi) is 6.33. The number of ketones is 1. The van der Waals surface area contributed by atoms with Crippen molar-refractivity contribution in [3.05, 3.63) is 29.6 Å². The summed E-state index contributed by atoms with van der Waals surface area (Å²) in [7, 11) is -3.21. The number of halogens is 1. The minimum Gasteiger partial charge on any atom is -0.369 e. The Labute approximate surface area is 183 Å². The quantitative estimate of drug-likeness (QED) is 0.682. The van der Waals surface area contributed by atoms with E-state index in [1.165, 1.54) is 16.6 Å². The van der Waals surface area contributed by atoms with Gasteiger partial charge in [-0.05, 0) is 49.3 Å². The standard InChI is InChI=1S/C22H29FN4O3S/c1-31(29,30)27-8-6-26(7-9-27)19-5-3-16(20(23)13-19)10-15(14-24)11-21(28)22-17-2-4-18(12-17)25-22/h3,5,13,15,17-18,22,25H,2,4,6-12H2,1H3/t15-,17+,18-,22+/m1/s1. The van der Waals surface area contributed by atoms with Gasteiger partial charge in [-0.1, -0.05) is 6.07 Å². The van der Waals surface area contributed by atoms with Crippen molar-refractivity contribution in [2.24, 2.45) is 11.8 Å². The number of piperazine rings is 1. The number of anilines is 1. The fourth-order valence-electron chi connectivity index (χ4n) is 5.19. The number of hydrogen-bond acceptors (Lipinski definition) is 6. The van der Waals surface area contributed by atoms with Crippen molar-refractivity contribution in [3.8, 4) is 6.07 Å². The number of hydrogen-bond donors (Lipinski definition) is 1. The van der Waals surface area contributed by atoms with Crippen LogP contribution in [0.4, 0.5) is 10.1 Å². The lowest BCUT2D eigenvalue weighted by Gasteiger charge is -2.34. The van der Waals surface area contributed by atoms with E-state index in [4.69, 9.17) is 0 Å². The zero-order valence-corrected chi connectivity index (χ0v) is 18.6. The second-order valence-electron chi connectivity index (χ2n) is 9.04. The lowest BCUT2D eigenvalue weighted by atomic mass is 9.88. The number of benzene rings is 1. The van der Waals surface area contributed by atoms with Gasteiger partial charge in [0.1, 0.15) is 5.82 Å². The maximum absolute atomic E-state index is 14.8. The largest absolute Gasteiger partial charge is 0.369 e. The van der Waals surface area contributed by atoms with Crippen LogP contribution in [-0.4, -0.2) is 63.0 Å². The average molecular weight is 449 g/mol. The van der Waals surface area contributed by atoms with E-state index in [2.05, 4.69) is 11.4 Å². The predicted octanol–water partition coefficient (Wildman–Crippen LogP) is 1.69. The second kappa shape index (κ2) is 8.85. The van der Waals surface area contributed by atoms with Crippen LogP contribution in [0.2, 0.25) is 0 Å². The van der Waals surface area contributed by atoms with Crippen LogP contribution in [-0.2, 0) is 21.2 Å². The number of carbonyl (C=O) groups excluding carboxylic acids is 1. The first-order chi connectivity index (χ1) is 14.7. The van der Waals surface area contributed by atoms with Crippen LogP contribution in [0, 0.1) is 29.0 Å². The van der Waals surface area contributed by atoms with E-state index in [0.29, 0.717) is 49.4 Å². The highest BCUT2D eigenvalue weighted by atomic mass is 32.2. The molecule has 1 N–H and O–H groups in total. The van der Waals surface area contributed by atoms with Gasteiger partial charge >= 0.3 is 0 Å². The predicted molar refractivity (Wildman–Crippen MR) is 116 cm³/mol. The Hall–Kier alpha value is -2.02. The van der Waals surface area contributed by atoms with Gasteiger partial charge in [0, 0.05) is 44.3 Å². The molecule has 0 spiro atoms. The maximum atomic E-state index is 14.8. The van der Waals surface area contributed by atoms with Gasteiger partial charge in [-0.25, -0.2) is 12.8 Å². The molecule has 0 aromatic heterocycles. The maximum Gasteiger partial charge on any atom is 0.211 e. The van der Waals surface area contributed by atoms with Gasteiger partial charge in [0.05, 0.1) is 24.3 Å². The smallest absolute Gasteiger partial charge is 0.211 e. The molecule has 3 aliphatic rings. The van der Waals surface area contributed by atoms with Crippen molar-refractivity contribution in [2.75, 3.05) is 37.3 Å². The van der Waals surface area contributed by atoms with Gasteiger partial charge in [-0.2, -0.15) is 9.57 Å². The number of rotatable bonds is 7. The van der Waals surface area contributed by atoms with Gasteiger partial charge in [0.25, 0.3) is 0 Å². The van der Waals surface area contributed by atoms with Crippen molar-refractivity contribution >= 4 is 21.5 Å². The van der Waals surface area contributed by atoms with Gasteiger partial charge in [0.2, 0.25) is 10.0 Å². The molecule has 4 atom stereocenters. The number of Topliss-reactive ketones (excluding diaryl/α,β-unsaturated/α-hetero) is 1. The third-order valence-electron chi connectivity index (χ3n) is 6.91. The highest BCUT2D eigenvalue weighted by Crippen LogP contribution is 2.36. The summed E-state index contributed by atoms with van der Waals surface area (Å²) in [4.78, 5) is 14.6.